The SMILES string of the molecule is O=C(COc1ccc(I)cc1)NCC#Cc1cccc(C(F)(F)F)c1. The van der Waals surface area contributed by atoms with Crippen molar-refractivity contribution in [1.82, 2.24) is 5.32 Å². The van der Waals surface area contributed by atoms with Crippen LogP contribution in [0.2, 0.25) is 0 Å². The molecule has 0 radical (unpaired) electrons. The second kappa shape index (κ2) is 8.76. The molecule has 130 valence electrons. The van der Waals surface area contributed by atoms with Gasteiger partial charge in [-0.2, -0.15) is 13.2 Å². The van der Waals surface area contributed by atoms with Crippen LogP contribution < -0.4 is 10.1 Å². The van der Waals surface area contributed by atoms with E-state index in [1.54, 1.807) is 12.1 Å². The van der Waals surface area contributed by atoms with Crippen LogP contribution in [0.15, 0.2) is 48.5 Å². The molecule has 2 rings (SSSR count). The van der Waals surface area contributed by atoms with Crippen LogP contribution in [0.1, 0.15) is 11.1 Å². The Labute approximate surface area is 156 Å². The van der Waals surface area contributed by atoms with Crippen molar-refractivity contribution < 1.29 is 22.7 Å². The van der Waals surface area contributed by atoms with Crippen LogP contribution in [0.5, 0.6) is 5.75 Å². The zero-order valence-corrected chi connectivity index (χ0v) is 15.0. The lowest BCUT2D eigenvalue weighted by Crippen LogP contribution is -2.29. The molecule has 2 aromatic rings. The van der Waals surface area contributed by atoms with Crippen molar-refractivity contribution in [1.29, 1.82) is 0 Å². The number of rotatable bonds is 4. The summed E-state index contributed by atoms with van der Waals surface area (Å²) in [5, 5.41) is 2.52. The lowest BCUT2D eigenvalue weighted by molar-refractivity contribution is -0.137. The highest BCUT2D eigenvalue weighted by Gasteiger charge is 2.30. The lowest BCUT2D eigenvalue weighted by Gasteiger charge is -2.06. The molecular weight excluding hydrogens is 446 g/mol. The van der Waals surface area contributed by atoms with Crippen LogP contribution in [0.3, 0.4) is 0 Å². The molecule has 0 spiro atoms. The van der Waals surface area contributed by atoms with Gasteiger partial charge in [0, 0.05) is 9.13 Å². The number of alkyl halides is 3. The average molecular weight is 459 g/mol. The number of nitrogens with one attached hydrogen (secondary N) is 1. The van der Waals surface area contributed by atoms with E-state index in [1.807, 2.05) is 12.1 Å². The molecular formula is C18H13F3INO2. The number of halogens is 4. The molecule has 0 bridgehead atoms. The third kappa shape index (κ3) is 6.66. The molecule has 0 fully saturated rings. The van der Waals surface area contributed by atoms with Gasteiger partial charge in [0.1, 0.15) is 5.75 Å². The van der Waals surface area contributed by atoms with Crippen LogP contribution in [-0.4, -0.2) is 19.1 Å². The topological polar surface area (TPSA) is 38.3 Å². The van der Waals surface area contributed by atoms with E-state index in [9.17, 15) is 18.0 Å². The summed E-state index contributed by atoms with van der Waals surface area (Å²) in [6.07, 6.45) is -4.40. The molecule has 7 heteroatoms. The number of ether oxygens (including phenoxy) is 1. The minimum absolute atomic E-state index is 0.0190. The van der Waals surface area contributed by atoms with Crippen molar-refractivity contribution in [3.63, 3.8) is 0 Å². The molecule has 2 aromatic carbocycles. The number of benzene rings is 2. The molecule has 0 saturated heterocycles. The standard InChI is InChI=1S/C18H13F3INO2/c19-18(20,21)14-5-1-3-13(11-14)4-2-10-23-17(24)12-25-16-8-6-15(22)7-9-16/h1,3,5-9,11H,10,12H2,(H,23,24). The van der Waals surface area contributed by atoms with E-state index in [-0.39, 0.29) is 24.6 Å². The molecule has 25 heavy (non-hydrogen) atoms. The Balaban J connectivity index is 1.80. The maximum atomic E-state index is 12.6. The fraction of sp³-hybridized carbons (Fsp3) is 0.167. The van der Waals surface area contributed by atoms with Gasteiger partial charge in [0.05, 0.1) is 12.1 Å². The van der Waals surface area contributed by atoms with Crippen molar-refractivity contribution in [3.8, 4) is 17.6 Å². The first-order valence-electron chi connectivity index (χ1n) is 7.16. The Morgan fingerprint density at radius 2 is 1.88 bits per heavy atom. The van der Waals surface area contributed by atoms with E-state index in [1.165, 1.54) is 12.1 Å². The minimum Gasteiger partial charge on any atom is -0.484 e. The molecule has 1 amide bonds. The molecule has 0 aliphatic rings. The van der Waals surface area contributed by atoms with Gasteiger partial charge >= 0.3 is 6.18 Å². The lowest BCUT2D eigenvalue weighted by atomic mass is 10.1. The zero-order chi connectivity index (χ0) is 18.3. The summed E-state index contributed by atoms with van der Waals surface area (Å²) in [7, 11) is 0. The van der Waals surface area contributed by atoms with Gasteiger partial charge in [-0.25, -0.2) is 0 Å². The minimum atomic E-state index is -4.40. The van der Waals surface area contributed by atoms with Gasteiger partial charge in [0.15, 0.2) is 6.61 Å². The van der Waals surface area contributed by atoms with E-state index in [4.69, 9.17) is 4.74 Å². The molecule has 0 unspecified atom stereocenters. The molecule has 0 saturated carbocycles. The number of carbonyl (C=O) groups excluding carboxylic acids is 1. The summed E-state index contributed by atoms with van der Waals surface area (Å²) < 4.78 is 44.1. The Morgan fingerprint density at radius 1 is 1.16 bits per heavy atom. The van der Waals surface area contributed by atoms with Crippen molar-refractivity contribution in [2.24, 2.45) is 0 Å². The van der Waals surface area contributed by atoms with Gasteiger partial charge in [-0.15, -0.1) is 0 Å². The molecule has 0 atom stereocenters. The first-order valence-corrected chi connectivity index (χ1v) is 8.23. The van der Waals surface area contributed by atoms with Crippen LogP contribution in [-0.2, 0) is 11.0 Å². The van der Waals surface area contributed by atoms with E-state index in [0.717, 1.165) is 15.7 Å². The fourth-order valence-electron chi connectivity index (χ4n) is 1.79. The van der Waals surface area contributed by atoms with Crippen LogP contribution in [0.4, 0.5) is 13.2 Å². The fourth-order valence-corrected chi connectivity index (χ4v) is 2.15. The van der Waals surface area contributed by atoms with E-state index in [2.05, 4.69) is 39.7 Å². The number of hydrogen-bond donors (Lipinski definition) is 1. The molecule has 0 aliphatic heterocycles. The summed E-state index contributed by atoms with van der Waals surface area (Å²) in [6, 6.07) is 11.9. The monoisotopic (exact) mass is 459 g/mol. The predicted molar refractivity (Wildman–Crippen MR) is 96.0 cm³/mol. The van der Waals surface area contributed by atoms with Crippen LogP contribution >= 0.6 is 22.6 Å². The quantitative estimate of drug-likeness (QED) is 0.558. The second-order valence-electron chi connectivity index (χ2n) is 4.90. The number of amides is 1. The summed E-state index contributed by atoms with van der Waals surface area (Å²) in [4.78, 5) is 11.6. The first-order chi connectivity index (χ1) is 11.8. The van der Waals surface area contributed by atoms with Gasteiger partial charge < -0.3 is 10.1 Å². The maximum Gasteiger partial charge on any atom is 0.416 e. The van der Waals surface area contributed by atoms with Gasteiger partial charge in [-0.1, -0.05) is 17.9 Å². The highest BCUT2D eigenvalue weighted by molar-refractivity contribution is 14.1. The third-order valence-corrected chi connectivity index (χ3v) is 3.70. The van der Waals surface area contributed by atoms with Crippen molar-refractivity contribution in [2.45, 2.75) is 6.18 Å². The van der Waals surface area contributed by atoms with E-state index < -0.39 is 11.7 Å². The number of carbonyl (C=O) groups is 1. The average Bonchev–Trinajstić information content (AvgIpc) is 2.58. The second-order valence-corrected chi connectivity index (χ2v) is 6.15. The largest absolute Gasteiger partial charge is 0.484 e. The van der Waals surface area contributed by atoms with Gasteiger partial charge in [-0.3, -0.25) is 4.79 Å². The molecule has 0 aromatic heterocycles. The van der Waals surface area contributed by atoms with Crippen molar-refractivity contribution in [2.75, 3.05) is 13.2 Å². The van der Waals surface area contributed by atoms with Crippen molar-refractivity contribution in [3.05, 3.63) is 63.2 Å². The van der Waals surface area contributed by atoms with Crippen LogP contribution in [0, 0.1) is 15.4 Å². The maximum absolute atomic E-state index is 12.6. The smallest absolute Gasteiger partial charge is 0.416 e. The molecule has 3 nitrogen and oxygen atoms in total. The van der Waals surface area contributed by atoms with Gasteiger partial charge in [0.2, 0.25) is 0 Å². The first kappa shape index (κ1) is 19.1. The van der Waals surface area contributed by atoms with Gasteiger partial charge in [0.25, 0.3) is 5.91 Å². The highest BCUT2D eigenvalue weighted by Crippen LogP contribution is 2.29. The van der Waals surface area contributed by atoms with E-state index in [0.29, 0.717) is 5.75 Å². The zero-order valence-electron chi connectivity index (χ0n) is 12.9. The highest BCUT2D eigenvalue weighted by atomic mass is 127. The summed E-state index contributed by atoms with van der Waals surface area (Å²) >= 11 is 2.16. The summed E-state index contributed by atoms with van der Waals surface area (Å²) in [6.45, 7) is -0.142. The Hall–Kier alpha value is -2.21. The van der Waals surface area contributed by atoms with E-state index >= 15 is 0 Å². The van der Waals surface area contributed by atoms with Crippen LogP contribution in [0.25, 0.3) is 0 Å². The molecule has 0 heterocycles. The Kier molecular flexibility index (Phi) is 6.70. The summed E-state index contributed by atoms with van der Waals surface area (Å²) in [5.41, 5.74) is -0.520. The van der Waals surface area contributed by atoms with Gasteiger partial charge in [-0.05, 0) is 65.1 Å². The summed E-state index contributed by atoms with van der Waals surface area (Å²) in [5.74, 6) is 5.41. The number of hydrogen-bond acceptors (Lipinski definition) is 2. The normalized spacial score (nSPS) is 10.6. The Morgan fingerprint density at radius 3 is 2.56 bits per heavy atom. The van der Waals surface area contributed by atoms with Crippen molar-refractivity contribution >= 4 is 28.5 Å². The Bertz CT molecular complexity index is 792. The molecule has 0 aliphatic carbocycles. The predicted octanol–water partition coefficient (Wildman–Crippen LogP) is 3.86. The molecule has 1 N–H and O–H groups in total. The third-order valence-electron chi connectivity index (χ3n) is 2.98.